The topological polar surface area (TPSA) is 55.6 Å². The molecule has 0 aliphatic rings. The normalized spacial score (nSPS) is 12.2. The molecular weight excluding hydrogens is 592 g/mol. The molecule has 5 nitrogen and oxygen atoms in total. The van der Waals surface area contributed by atoms with Crippen molar-refractivity contribution in [1.29, 1.82) is 0 Å². The van der Waals surface area contributed by atoms with Gasteiger partial charge in [-0.15, -0.1) is 0 Å². The van der Waals surface area contributed by atoms with Crippen molar-refractivity contribution in [1.82, 2.24) is 4.98 Å². The molecular formula is C43H24N2O3. The van der Waals surface area contributed by atoms with Crippen molar-refractivity contribution in [3.8, 4) is 0 Å². The molecule has 0 atom stereocenters. The summed E-state index contributed by atoms with van der Waals surface area (Å²) in [5.41, 5.74) is 8.18. The Labute approximate surface area is 272 Å². The van der Waals surface area contributed by atoms with Crippen LogP contribution in [-0.2, 0) is 0 Å². The maximum absolute atomic E-state index is 6.45. The number of benzene rings is 7. The number of hydrogen-bond acceptors (Lipinski definition) is 5. The van der Waals surface area contributed by atoms with Crippen molar-refractivity contribution >= 4 is 104 Å². The monoisotopic (exact) mass is 616 g/mol. The van der Waals surface area contributed by atoms with Gasteiger partial charge >= 0.3 is 0 Å². The first kappa shape index (κ1) is 25.6. The summed E-state index contributed by atoms with van der Waals surface area (Å²) in [7, 11) is 0. The molecule has 48 heavy (non-hydrogen) atoms. The Bertz CT molecular complexity index is 2980. The Morgan fingerprint density at radius 1 is 0.396 bits per heavy atom. The van der Waals surface area contributed by atoms with Gasteiger partial charge in [0.05, 0.1) is 0 Å². The molecule has 11 rings (SSSR count). The van der Waals surface area contributed by atoms with Gasteiger partial charge in [-0.05, 0) is 76.8 Å². The predicted molar refractivity (Wildman–Crippen MR) is 196 cm³/mol. The van der Waals surface area contributed by atoms with Gasteiger partial charge in [0.2, 0.25) is 0 Å². The molecule has 0 spiro atoms. The molecule has 4 heterocycles. The Hall–Kier alpha value is -6.59. The lowest BCUT2D eigenvalue weighted by Gasteiger charge is -2.26. The van der Waals surface area contributed by atoms with E-state index in [2.05, 4.69) is 113 Å². The first-order valence-electron chi connectivity index (χ1n) is 16.0. The lowest BCUT2D eigenvalue weighted by Crippen LogP contribution is -2.09. The van der Waals surface area contributed by atoms with Crippen LogP contribution in [0.1, 0.15) is 0 Å². The summed E-state index contributed by atoms with van der Waals surface area (Å²) in [5.74, 6) is 0. The van der Waals surface area contributed by atoms with Crippen molar-refractivity contribution in [3.05, 3.63) is 146 Å². The molecule has 0 fully saturated rings. The van der Waals surface area contributed by atoms with Crippen molar-refractivity contribution in [2.24, 2.45) is 0 Å². The van der Waals surface area contributed by atoms with E-state index in [1.54, 1.807) is 6.20 Å². The van der Waals surface area contributed by atoms with E-state index in [1.165, 1.54) is 0 Å². The first-order valence-corrected chi connectivity index (χ1v) is 16.0. The minimum atomic E-state index is 0.842. The number of nitrogens with zero attached hydrogens (tertiary/aromatic N) is 2. The van der Waals surface area contributed by atoms with E-state index in [0.29, 0.717) is 0 Å². The van der Waals surface area contributed by atoms with Crippen LogP contribution in [0.3, 0.4) is 0 Å². The van der Waals surface area contributed by atoms with Crippen LogP contribution in [0.5, 0.6) is 0 Å². The van der Waals surface area contributed by atoms with Gasteiger partial charge in [0.15, 0.2) is 0 Å². The molecule has 0 bridgehead atoms. The van der Waals surface area contributed by atoms with Crippen LogP contribution in [-0.4, -0.2) is 4.98 Å². The fraction of sp³-hybridized carbons (Fsp3) is 0. The van der Waals surface area contributed by atoms with E-state index in [0.717, 1.165) is 104 Å². The zero-order valence-electron chi connectivity index (χ0n) is 25.5. The molecule has 7 aromatic carbocycles. The number of aromatic nitrogens is 1. The van der Waals surface area contributed by atoms with E-state index in [1.807, 2.05) is 36.5 Å². The highest BCUT2D eigenvalue weighted by Crippen LogP contribution is 2.43. The highest BCUT2D eigenvalue weighted by atomic mass is 16.3. The minimum absolute atomic E-state index is 0.842. The molecule has 0 aliphatic carbocycles. The highest BCUT2D eigenvalue weighted by molar-refractivity contribution is 6.23. The van der Waals surface area contributed by atoms with Crippen LogP contribution in [0.15, 0.2) is 159 Å². The van der Waals surface area contributed by atoms with Crippen molar-refractivity contribution in [2.45, 2.75) is 0 Å². The summed E-state index contributed by atoms with van der Waals surface area (Å²) < 4.78 is 19.1. The van der Waals surface area contributed by atoms with Crippen LogP contribution in [0.25, 0.3) is 87.4 Å². The van der Waals surface area contributed by atoms with Gasteiger partial charge < -0.3 is 18.2 Å². The van der Waals surface area contributed by atoms with Gasteiger partial charge in [0.25, 0.3) is 0 Å². The quantitative estimate of drug-likeness (QED) is 0.185. The Kier molecular flexibility index (Phi) is 5.05. The SMILES string of the molecule is c1ccc2c(c1)oc1cc(N(c3ccc4c(ccc5ccc6c7cnccc7oc6c54)c3)c3ccc4c(c3)oc3ccccc34)ccc12. The molecule has 0 aliphatic heterocycles. The number of para-hydroxylation sites is 2. The smallest absolute Gasteiger partial charge is 0.143 e. The van der Waals surface area contributed by atoms with E-state index in [9.17, 15) is 0 Å². The van der Waals surface area contributed by atoms with Gasteiger partial charge in [-0.3, -0.25) is 4.98 Å². The fourth-order valence-corrected chi connectivity index (χ4v) is 7.50. The number of furan rings is 3. The summed E-state index contributed by atoms with van der Waals surface area (Å²) in [5, 5.41) is 11.0. The third-order valence-electron chi connectivity index (χ3n) is 9.72. The van der Waals surface area contributed by atoms with E-state index in [4.69, 9.17) is 13.3 Å². The number of anilines is 3. The van der Waals surface area contributed by atoms with Crippen molar-refractivity contribution in [3.63, 3.8) is 0 Å². The van der Waals surface area contributed by atoms with Crippen molar-refractivity contribution in [2.75, 3.05) is 4.90 Å². The summed E-state index contributed by atoms with van der Waals surface area (Å²) in [6.07, 6.45) is 3.66. The maximum atomic E-state index is 6.45. The summed E-state index contributed by atoms with van der Waals surface area (Å²) >= 11 is 0. The van der Waals surface area contributed by atoms with E-state index >= 15 is 0 Å². The molecule has 224 valence electrons. The summed E-state index contributed by atoms with van der Waals surface area (Å²) in [6, 6.07) is 46.6. The second-order valence-electron chi connectivity index (χ2n) is 12.4. The Morgan fingerprint density at radius 3 is 1.65 bits per heavy atom. The zero-order valence-corrected chi connectivity index (χ0v) is 25.5. The molecule has 0 N–H and O–H groups in total. The molecule has 0 unspecified atom stereocenters. The van der Waals surface area contributed by atoms with E-state index < -0.39 is 0 Å². The second kappa shape index (κ2) is 9.47. The van der Waals surface area contributed by atoms with Crippen LogP contribution in [0.2, 0.25) is 0 Å². The van der Waals surface area contributed by atoms with Crippen LogP contribution < -0.4 is 4.90 Å². The molecule has 0 radical (unpaired) electrons. The second-order valence-corrected chi connectivity index (χ2v) is 12.4. The lowest BCUT2D eigenvalue weighted by molar-refractivity contribution is 0.669. The van der Waals surface area contributed by atoms with Gasteiger partial charge in [0, 0.05) is 79.3 Å². The van der Waals surface area contributed by atoms with Crippen LogP contribution >= 0.6 is 0 Å². The van der Waals surface area contributed by atoms with E-state index in [-0.39, 0.29) is 0 Å². The average molecular weight is 617 g/mol. The summed E-state index contributed by atoms with van der Waals surface area (Å²) in [6.45, 7) is 0. The highest BCUT2D eigenvalue weighted by Gasteiger charge is 2.19. The van der Waals surface area contributed by atoms with Gasteiger partial charge in [-0.2, -0.15) is 0 Å². The third kappa shape index (κ3) is 3.58. The van der Waals surface area contributed by atoms with Crippen LogP contribution in [0, 0.1) is 0 Å². The lowest BCUT2D eigenvalue weighted by atomic mass is 9.99. The molecule has 5 heteroatoms. The van der Waals surface area contributed by atoms with Gasteiger partial charge in [-0.25, -0.2) is 0 Å². The molecule has 4 aromatic heterocycles. The largest absolute Gasteiger partial charge is 0.456 e. The van der Waals surface area contributed by atoms with Crippen molar-refractivity contribution < 1.29 is 13.3 Å². The minimum Gasteiger partial charge on any atom is -0.456 e. The van der Waals surface area contributed by atoms with Crippen LogP contribution in [0.4, 0.5) is 17.1 Å². The standard InChI is InChI=1S/C43H24N2O3/c1-3-7-37-31(5-1)33-17-13-28(22-40(33)46-37)45(29-14-18-34-32-6-2-4-8-38(32)47-41(34)23-29)27-12-16-30-26(21-27)10-9-25-11-15-35-36-24-44-20-19-39(36)48-43(35)42(25)30/h1-24H. The Balaban J connectivity index is 1.15. The van der Waals surface area contributed by atoms with Gasteiger partial charge in [-0.1, -0.05) is 60.7 Å². The number of pyridine rings is 1. The summed E-state index contributed by atoms with van der Waals surface area (Å²) in [4.78, 5) is 6.62. The molecule has 0 saturated carbocycles. The first-order chi connectivity index (χ1) is 23.8. The molecule has 11 aromatic rings. The third-order valence-corrected chi connectivity index (χ3v) is 9.72. The number of rotatable bonds is 3. The molecule has 0 saturated heterocycles. The predicted octanol–water partition coefficient (Wildman–Crippen LogP) is 12.6. The average Bonchev–Trinajstić information content (AvgIpc) is 3.82. The number of hydrogen-bond donors (Lipinski definition) is 0. The zero-order chi connectivity index (χ0) is 31.3. The van der Waals surface area contributed by atoms with Gasteiger partial charge in [0.1, 0.15) is 33.5 Å². The Morgan fingerprint density at radius 2 is 0.938 bits per heavy atom. The molecule has 0 amide bonds. The maximum Gasteiger partial charge on any atom is 0.143 e. The number of fused-ring (bicyclic) bond motifs is 13. The fourth-order valence-electron chi connectivity index (χ4n) is 7.50.